The molecule has 0 radical (unpaired) electrons. The van der Waals surface area contributed by atoms with Crippen LogP contribution >= 0.6 is 0 Å². The highest BCUT2D eigenvalue weighted by Gasteiger charge is 2.17. The van der Waals surface area contributed by atoms with Crippen molar-refractivity contribution in [3.05, 3.63) is 89.5 Å². The summed E-state index contributed by atoms with van der Waals surface area (Å²) in [5.41, 5.74) is 2.38. The van der Waals surface area contributed by atoms with Gasteiger partial charge in [0.15, 0.2) is 0 Å². The summed E-state index contributed by atoms with van der Waals surface area (Å²) >= 11 is 0. The van der Waals surface area contributed by atoms with Crippen LogP contribution in [0.3, 0.4) is 0 Å². The van der Waals surface area contributed by atoms with Gasteiger partial charge < -0.3 is 10.6 Å². The lowest BCUT2D eigenvalue weighted by Gasteiger charge is -2.11. The molecular weight excluding hydrogens is 414 g/mol. The molecule has 3 N–H and O–H groups in total. The smallest absolute Gasteiger partial charge is 0.261 e. The molecule has 3 aromatic carbocycles. The number of aryl methyl sites for hydroxylation is 1. The lowest BCUT2D eigenvalue weighted by molar-refractivity contribution is 0.0954. The largest absolute Gasteiger partial charge is 0.352 e. The van der Waals surface area contributed by atoms with Crippen molar-refractivity contribution >= 4 is 33.2 Å². The quantitative estimate of drug-likeness (QED) is 0.523. The molecule has 0 aliphatic heterocycles. The first kappa shape index (κ1) is 22.0. The van der Waals surface area contributed by atoms with Crippen molar-refractivity contribution in [2.45, 2.75) is 18.7 Å². The average molecular weight is 438 g/mol. The Hall–Kier alpha value is -3.65. The summed E-state index contributed by atoms with van der Waals surface area (Å²) in [4.78, 5) is 24.6. The van der Waals surface area contributed by atoms with Crippen molar-refractivity contribution in [3.63, 3.8) is 0 Å². The van der Waals surface area contributed by atoms with Gasteiger partial charge >= 0.3 is 0 Å². The summed E-state index contributed by atoms with van der Waals surface area (Å²) in [6.07, 6.45) is 0. The molecule has 0 spiro atoms. The highest BCUT2D eigenvalue weighted by Crippen LogP contribution is 2.19. The monoisotopic (exact) mass is 437 g/mol. The Morgan fingerprint density at radius 1 is 0.806 bits per heavy atom. The van der Waals surface area contributed by atoms with Crippen LogP contribution < -0.4 is 15.4 Å². The number of rotatable bonds is 7. The Kier molecular flexibility index (Phi) is 6.71. The first-order valence-corrected chi connectivity index (χ1v) is 11.2. The van der Waals surface area contributed by atoms with Gasteiger partial charge in [-0.05, 0) is 67.9 Å². The number of anilines is 2. The van der Waals surface area contributed by atoms with Gasteiger partial charge in [-0.15, -0.1) is 0 Å². The Morgan fingerprint density at radius 2 is 1.45 bits per heavy atom. The van der Waals surface area contributed by atoms with E-state index in [0.29, 0.717) is 23.5 Å². The molecule has 0 heterocycles. The summed E-state index contributed by atoms with van der Waals surface area (Å²) < 4.78 is 28.0. The van der Waals surface area contributed by atoms with Crippen LogP contribution in [0, 0.1) is 6.92 Å². The lowest BCUT2D eigenvalue weighted by Crippen LogP contribution is -2.22. The second kappa shape index (κ2) is 9.44. The lowest BCUT2D eigenvalue weighted by atomic mass is 10.1. The summed E-state index contributed by atoms with van der Waals surface area (Å²) in [6, 6.07) is 19.3. The normalized spacial score (nSPS) is 10.9. The number of hydrogen-bond donors (Lipinski definition) is 3. The van der Waals surface area contributed by atoms with Crippen molar-refractivity contribution in [3.8, 4) is 0 Å². The molecule has 0 saturated carbocycles. The molecule has 0 aliphatic carbocycles. The summed E-state index contributed by atoms with van der Waals surface area (Å²) in [6.45, 7) is 4.18. The van der Waals surface area contributed by atoms with E-state index in [1.807, 2.05) is 19.9 Å². The van der Waals surface area contributed by atoms with E-state index in [9.17, 15) is 18.0 Å². The SMILES string of the molecule is CCNC(=O)c1cccc(NC(=O)c2cccc(S(=O)(=O)Nc3cccc(C)c3)c2)c1. The van der Waals surface area contributed by atoms with E-state index >= 15 is 0 Å². The van der Waals surface area contributed by atoms with Gasteiger partial charge in [0.05, 0.1) is 4.90 Å². The minimum absolute atomic E-state index is 0.0299. The first-order valence-electron chi connectivity index (χ1n) is 9.67. The maximum absolute atomic E-state index is 12.7. The van der Waals surface area contributed by atoms with Crippen LogP contribution in [0.5, 0.6) is 0 Å². The van der Waals surface area contributed by atoms with Gasteiger partial charge in [0.25, 0.3) is 21.8 Å². The van der Waals surface area contributed by atoms with Crippen LogP contribution in [-0.2, 0) is 10.0 Å². The molecule has 0 unspecified atom stereocenters. The second-order valence-electron chi connectivity index (χ2n) is 6.90. The zero-order valence-corrected chi connectivity index (χ0v) is 18.0. The molecule has 2 amide bonds. The summed E-state index contributed by atoms with van der Waals surface area (Å²) in [7, 11) is -3.87. The van der Waals surface area contributed by atoms with E-state index < -0.39 is 15.9 Å². The summed E-state index contributed by atoms with van der Waals surface area (Å²) in [5.74, 6) is -0.727. The van der Waals surface area contributed by atoms with E-state index in [4.69, 9.17) is 0 Å². The molecule has 0 aliphatic rings. The number of hydrogen-bond acceptors (Lipinski definition) is 4. The van der Waals surface area contributed by atoms with E-state index in [1.165, 1.54) is 24.3 Å². The number of benzene rings is 3. The van der Waals surface area contributed by atoms with E-state index in [0.717, 1.165) is 5.56 Å². The van der Waals surface area contributed by atoms with Crippen molar-refractivity contribution in [1.29, 1.82) is 0 Å². The van der Waals surface area contributed by atoms with E-state index in [2.05, 4.69) is 15.4 Å². The topological polar surface area (TPSA) is 104 Å². The Bertz CT molecular complexity index is 1220. The predicted octanol–water partition coefficient (Wildman–Crippen LogP) is 3.80. The minimum Gasteiger partial charge on any atom is -0.352 e. The fourth-order valence-electron chi connectivity index (χ4n) is 2.93. The fraction of sp³-hybridized carbons (Fsp3) is 0.130. The van der Waals surface area contributed by atoms with Crippen molar-refractivity contribution in [2.75, 3.05) is 16.6 Å². The molecule has 8 heteroatoms. The summed E-state index contributed by atoms with van der Waals surface area (Å²) in [5, 5.41) is 5.39. The molecule has 3 aromatic rings. The molecule has 31 heavy (non-hydrogen) atoms. The Morgan fingerprint density at radius 3 is 2.16 bits per heavy atom. The van der Waals surface area contributed by atoms with E-state index in [1.54, 1.807) is 42.5 Å². The average Bonchev–Trinajstić information content (AvgIpc) is 2.74. The number of amides is 2. The molecule has 0 atom stereocenters. The highest BCUT2D eigenvalue weighted by atomic mass is 32.2. The standard InChI is InChI=1S/C23H23N3O4S/c1-3-24-22(27)17-8-5-10-19(14-17)25-23(28)18-9-6-12-21(15-18)31(29,30)26-20-11-4-7-16(2)13-20/h4-15,26H,3H2,1-2H3,(H,24,27)(H,25,28). The molecule has 160 valence electrons. The van der Waals surface area contributed by atoms with Gasteiger partial charge in [-0.3, -0.25) is 14.3 Å². The number of sulfonamides is 1. The molecule has 7 nitrogen and oxygen atoms in total. The maximum atomic E-state index is 12.7. The zero-order chi connectivity index (χ0) is 22.4. The highest BCUT2D eigenvalue weighted by molar-refractivity contribution is 7.92. The Balaban J connectivity index is 1.79. The van der Waals surface area contributed by atoms with Gasteiger partial charge in [0, 0.05) is 29.0 Å². The maximum Gasteiger partial charge on any atom is 0.261 e. The number of nitrogens with one attached hydrogen (secondary N) is 3. The van der Waals surface area contributed by atoms with Crippen LogP contribution in [0.4, 0.5) is 11.4 Å². The van der Waals surface area contributed by atoms with E-state index in [-0.39, 0.29) is 16.4 Å². The molecule has 0 bridgehead atoms. The van der Waals surface area contributed by atoms with Crippen LogP contribution in [0.2, 0.25) is 0 Å². The van der Waals surface area contributed by atoms with Crippen LogP contribution in [0.25, 0.3) is 0 Å². The van der Waals surface area contributed by atoms with Crippen molar-refractivity contribution in [2.24, 2.45) is 0 Å². The van der Waals surface area contributed by atoms with Crippen LogP contribution in [0.1, 0.15) is 33.2 Å². The van der Waals surface area contributed by atoms with Crippen LogP contribution in [-0.4, -0.2) is 26.8 Å². The van der Waals surface area contributed by atoms with Gasteiger partial charge in [-0.2, -0.15) is 0 Å². The molecule has 0 aromatic heterocycles. The molecule has 0 fully saturated rings. The van der Waals surface area contributed by atoms with Gasteiger partial charge in [0.1, 0.15) is 0 Å². The first-order chi connectivity index (χ1) is 14.8. The third kappa shape index (κ3) is 5.70. The van der Waals surface area contributed by atoms with Gasteiger partial charge in [-0.1, -0.05) is 24.3 Å². The van der Waals surface area contributed by atoms with Crippen LogP contribution in [0.15, 0.2) is 77.7 Å². The van der Waals surface area contributed by atoms with Crippen molar-refractivity contribution < 1.29 is 18.0 Å². The van der Waals surface area contributed by atoms with Gasteiger partial charge in [-0.25, -0.2) is 8.42 Å². The fourth-order valence-corrected chi connectivity index (χ4v) is 4.03. The number of carbonyl (C=O) groups is 2. The van der Waals surface area contributed by atoms with Gasteiger partial charge in [0.2, 0.25) is 0 Å². The molecule has 0 saturated heterocycles. The van der Waals surface area contributed by atoms with Crippen molar-refractivity contribution in [1.82, 2.24) is 5.32 Å². The third-order valence-corrected chi connectivity index (χ3v) is 5.78. The molecular formula is C23H23N3O4S. The Labute approximate surface area is 181 Å². The zero-order valence-electron chi connectivity index (χ0n) is 17.2. The second-order valence-corrected chi connectivity index (χ2v) is 8.58. The predicted molar refractivity (Wildman–Crippen MR) is 121 cm³/mol. The number of carbonyl (C=O) groups excluding carboxylic acids is 2. The minimum atomic E-state index is -3.87. The molecule has 3 rings (SSSR count). The third-order valence-electron chi connectivity index (χ3n) is 4.40.